The van der Waals surface area contributed by atoms with Gasteiger partial charge in [0.2, 0.25) is 5.91 Å². The van der Waals surface area contributed by atoms with Gasteiger partial charge in [0.25, 0.3) is 5.91 Å². The van der Waals surface area contributed by atoms with Crippen LogP contribution in [0.2, 0.25) is 0 Å². The summed E-state index contributed by atoms with van der Waals surface area (Å²) < 4.78 is 14.3. The van der Waals surface area contributed by atoms with E-state index in [1.165, 1.54) is 16.3 Å². The Morgan fingerprint density at radius 2 is 1.92 bits per heavy atom. The number of benzene rings is 1. The molecule has 2 N–H and O–H groups in total. The Morgan fingerprint density at radius 1 is 1.12 bits per heavy atom. The zero-order chi connectivity index (χ0) is 45.6. The Kier molecular flexibility index (Phi) is 13.2. The molecule has 0 radical (unpaired) electrons. The van der Waals surface area contributed by atoms with Gasteiger partial charge in [-0.05, 0) is 88.2 Å². The number of amides is 4. The zero-order valence-electron chi connectivity index (χ0n) is 38.8. The second-order valence-corrected chi connectivity index (χ2v) is 20.3. The van der Waals surface area contributed by atoms with Crippen molar-refractivity contribution in [2.75, 3.05) is 54.0 Å². The molecule has 4 aromatic rings. The maximum Gasteiger partial charge on any atom is 0.324 e. The minimum atomic E-state index is -1.03. The summed E-state index contributed by atoms with van der Waals surface area (Å²) in [7, 11) is 5.46. The zero-order valence-corrected chi connectivity index (χ0v) is 39.7. The number of hydrogen-bond donors (Lipinski definition) is 2. The quantitative estimate of drug-likeness (QED) is 0.204. The molecule has 8 rings (SSSR count). The van der Waals surface area contributed by atoms with Crippen LogP contribution in [0.4, 0.5) is 4.79 Å². The number of esters is 1. The smallest absolute Gasteiger partial charge is 0.324 e. The first-order chi connectivity index (χ1) is 30.6. The minimum Gasteiger partial charge on any atom is -0.464 e. The molecule has 4 amide bonds. The van der Waals surface area contributed by atoms with E-state index in [2.05, 4.69) is 72.3 Å². The fourth-order valence-electron chi connectivity index (χ4n) is 10.5. The number of aromatic nitrogens is 3. The number of hydrogen-bond acceptors (Lipinski definition) is 11. The average Bonchev–Trinajstić information content (AvgIpc) is 4.06. The number of urea groups is 1. The topological polar surface area (TPSA) is 154 Å². The monoisotopic (exact) mass is 895 g/mol. The Morgan fingerprint density at radius 3 is 2.67 bits per heavy atom. The lowest BCUT2D eigenvalue weighted by molar-refractivity contribution is -0.155. The maximum atomic E-state index is 14.6. The van der Waals surface area contributed by atoms with Crippen LogP contribution < -0.4 is 10.7 Å². The first-order valence-electron chi connectivity index (χ1n) is 22.9. The van der Waals surface area contributed by atoms with Gasteiger partial charge in [0.05, 0.1) is 40.8 Å². The summed E-state index contributed by atoms with van der Waals surface area (Å²) in [5.74, 6) is -1.05. The number of pyridine rings is 1. The summed E-state index contributed by atoms with van der Waals surface area (Å²) in [5.41, 5.74) is 9.44. The van der Waals surface area contributed by atoms with E-state index in [1.807, 2.05) is 37.1 Å². The van der Waals surface area contributed by atoms with Crippen molar-refractivity contribution >= 4 is 46.1 Å². The predicted molar refractivity (Wildman–Crippen MR) is 247 cm³/mol. The standard InChI is InChI=1S/C48H65N9O6S/c1-10-55-38-16-15-30-21-33(38)34(43(55)32-13-11-18-49-41(32)29(4)62-9)23-48(5,6)27-63-46(60)35-14-12-19-57(52-35)45(59)36(22-40-50-37(30)26-64-40)51-44(58)42(28(2)3)54(8)47(61)56-20-17-31-24-53(7)25-39(31)56/h11,13,15-16,18,21,26,28-29,31,35-36,39,42,52H,10,12,14,17,19-20,22-25,27H2,1-9H3,(H,51,58)/t29-,31-,35-,36-,39+,42-/m0/s1. The number of aryl methyl sites for hydroxylation is 1. The van der Waals surface area contributed by atoms with Crippen molar-refractivity contribution in [3.8, 4) is 22.5 Å². The molecule has 6 bridgehead atoms. The van der Waals surface area contributed by atoms with Gasteiger partial charge in [-0.15, -0.1) is 11.3 Å². The Balaban J connectivity index is 1.16. The molecule has 0 spiro atoms. The van der Waals surface area contributed by atoms with Gasteiger partial charge in [0.1, 0.15) is 18.1 Å². The first-order valence-corrected chi connectivity index (χ1v) is 23.8. The highest BCUT2D eigenvalue weighted by Gasteiger charge is 2.45. The number of rotatable bonds is 8. The van der Waals surface area contributed by atoms with Crippen LogP contribution in [0, 0.1) is 17.3 Å². The van der Waals surface area contributed by atoms with E-state index in [1.54, 1.807) is 25.3 Å². The Bertz CT molecular complexity index is 2390. The molecule has 3 fully saturated rings. The molecular formula is C48H65N9O6S. The summed E-state index contributed by atoms with van der Waals surface area (Å²) in [4.78, 5) is 72.8. The molecular weight excluding hydrogens is 831 g/mol. The molecule has 0 saturated carbocycles. The average molecular weight is 896 g/mol. The number of fused-ring (bicyclic) bond motifs is 7. The SMILES string of the molecule is CCn1c(-c2cccnc2[C@H](C)OC)c2c3cc(ccc31)-c1csc(n1)C[C@H](NC(=O)[C@H](C(C)C)N(C)C(=O)N1CC[C@H]3CN(C)C[C@H]31)C(=O)N1CCC[C@H](N1)C(=O)OCC(C)(C)C2. The van der Waals surface area contributed by atoms with E-state index < -0.39 is 35.4 Å². The van der Waals surface area contributed by atoms with Gasteiger partial charge in [-0.2, -0.15) is 0 Å². The van der Waals surface area contributed by atoms with E-state index in [0.717, 1.165) is 64.2 Å². The number of carbonyl (C=O) groups is 4. The van der Waals surface area contributed by atoms with Gasteiger partial charge in [-0.3, -0.25) is 24.4 Å². The fourth-order valence-corrected chi connectivity index (χ4v) is 11.3. The molecule has 1 aromatic carbocycles. The normalized spacial score (nSPS) is 23.8. The van der Waals surface area contributed by atoms with Gasteiger partial charge < -0.3 is 34.1 Å². The van der Waals surface area contributed by atoms with E-state index >= 15 is 0 Å². The molecule has 0 unspecified atom stereocenters. The molecule has 64 heavy (non-hydrogen) atoms. The highest BCUT2D eigenvalue weighted by Crippen LogP contribution is 2.42. The second-order valence-electron chi connectivity index (χ2n) is 19.4. The maximum absolute atomic E-state index is 14.6. The Hall–Kier alpha value is -4.90. The third kappa shape index (κ3) is 8.90. The van der Waals surface area contributed by atoms with E-state index in [9.17, 15) is 19.2 Å². The number of ether oxygens (including phenoxy) is 2. The summed E-state index contributed by atoms with van der Waals surface area (Å²) >= 11 is 1.44. The minimum absolute atomic E-state index is 0.118. The van der Waals surface area contributed by atoms with Crippen LogP contribution in [0.25, 0.3) is 33.4 Å². The van der Waals surface area contributed by atoms with Crippen LogP contribution in [-0.4, -0.2) is 136 Å². The molecule has 3 saturated heterocycles. The lowest BCUT2D eigenvalue weighted by Crippen LogP contribution is -2.62. The molecule has 6 atom stereocenters. The number of carbonyl (C=O) groups excluding carboxylic acids is 4. The molecule has 4 aliphatic rings. The molecule has 4 aliphatic heterocycles. The molecule has 16 heteroatoms. The lowest BCUT2D eigenvalue weighted by atomic mass is 9.84. The number of likely N-dealkylation sites (tertiary alicyclic amines) is 2. The van der Waals surface area contributed by atoms with Gasteiger partial charge in [0.15, 0.2) is 0 Å². The molecule has 7 heterocycles. The third-order valence-corrected chi connectivity index (χ3v) is 14.6. The van der Waals surface area contributed by atoms with E-state index in [-0.39, 0.29) is 43.0 Å². The van der Waals surface area contributed by atoms with Crippen LogP contribution in [0.5, 0.6) is 0 Å². The largest absolute Gasteiger partial charge is 0.464 e. The van der Waals surface area contributed by atoms with Crippen molar-refractivity contribution in [2.24, 2.45) is 17.3 Å². The number of methoxy groups -OCH3 is 1. The summed E-state index contributed by atoms with van der Waals surface area (Å²) in [6, 6.07) is 7.81. The van der Waals surface area contributed by atoms with Gasteiger partial charge in [0, 0.05) is 92.3 Å². The number of nitrogens with zero attached hydrogens (tertiary/aromatic N) is 7. The lowest BCUT2D eigenvalue weighted by Gasteiger charge is -2.37. The third-order valence-electron chi connectivity index (χ3n) is 13.7. The van der Waals surface area contributed by atoms with Crippen molar-refractivity contribution in [3.63, 3.8) is 0 Å². The molecule has 3 aromatic heterocycles. The highest BCUT2D eigenvalue weighted by molar-refractivity contribution is 7.10. The number of cyclic esters (lactones) is 1. The fraction of sp³-hybridized carbons (Fsp3) is 0.583. The number of thiazole rings is 1. The number of hydrazine groups is 1. The van der Waals surface area contributed by atoms with Crippen molar-refractivity contribution < 1.29 is 28.7 Å². The molecule has 344 valence electrons. The second kappa shape index (κ2) is 18.5. The molecule has 0 aliphatic carbocycles. The number of likely N-dealkylation sites (N-methyl/N-ethyl adjacent to an activating group) is 2. The summed E-state index contributed by atoms with van der Waals surface area (Å²) in [6.07, 6.45) is 4.27. The first kappa shape index (κ1) is 45.7. The number of nitrogens with one attached hydrogen (secondary N) is 2. The Labute approximate surface area is 380 Å². The van der Waals surface area contributed by atoms with Crippen LogP contribution in [-0.2, 0) is 43.2 Å². The van der Waals surface area contributed by atoms with Crippen molar-refractivity contribution in [2.45, 2.75) is 110 Å². The van der Waals surface area contributed by atoms with E-state index in [0.29, 0.717) is 49.8 Å². The summed E-state index contributed by atoms with van der Waals surface area (Å²) in [5, 5.41) is 8.28. The van der Waals surface area contributed by atoms with Crippen molar-refractivity contribution in [1.82, 2.24) is 45.0 Å². The van der Waals surface area contributed by atoms with Gasteiger partial charge in [-0.1, -0.05) is 33.8 Å². The van der Waals surface area contributed by atoms with Gasteiger partial charge in [-0.25, -0.2) is 15.2 Å². The van der Waals surface area contributed by atoms with Crippen LogP contribution >= 0.6 is 11.3 Å². The molecule has 15 nitrogen and oxygen atoms in total. The predicted octanol–water partition coefficient (Wildman–Crippen LogP) is 5.91. The van der Waals surface area contributed by atoms with E-state index in [4.69, 9.17) is 19.4 Å². The highest BCUT2D eigenvalue weighted by atomic mass is 32.1. The van der Waals surface area contributed by atoms with Crippen LogP contribution in [0.15, 0.2) is 41.9 Å². The van der Waals surface area contributed by atoms with Crippen molar-refractivity contribution in [3.05, 3.63) is 58.2 Å². The van der Waals surface area contributed by atoms with Crippen molar-refractivity contribution in [1.29, 1.82) is 0 Å². The van der Waals surface area contributed by atoms with Crippen LogP contribution in [0.3, 0.4) is 0 Å². The summed E-state index contributed by atoms with van der Waals surface area (Å²) in [6.45, 7) is 15.8. The van der Waals surface area contributed by atoms with Crippen LogP contribution in [0.1, 0.15) is 83.2 Å². The van der Waals surface area contributed by atoms with Gasteiger partial charge >= 0.3 is 12.0 Å².